The normalized spacial score (nSPS) is 15.4. The van der Waals surface area contributed by atoms with Crippen LogP contribution in [-0.2, 0) is 11.2 Å². The Morgan fingerprint density at radius 1 is 1.45 bits per heavy atom. The van der Waals surface area contributed by atoms with Gasteiger partial charge in [-0.15, -0.1) is 0 Å². The Hall–Kier alpha value is -1.62. The summed E-state index contributed by atoms with van der Waals surface area (Å²) in [4.78, 5) is 12.3. The number of aryl methyl sites for hydroxylation is 1. The summed E-state index contributed by atoms with van der Waals surface area (Å²) < 4.78 is 5.10. The van der Waals surface area contributed by atoms with Crippen molar-refractivity contribution >= 4 is 23.1 Å². The first-order valence-corrected chi connectivity index (χ1v) is 7.22. The van der Waals surface area contributed by atoms with Crippen molar-refractivity contribution in [2.45, 2.75) is 31.7 Å². The molecular weight excluding hydrogens is 272 g/mol. The van der Waals surface area contributed by atoms with Crippen molar-refractivity contribution < 1.29 is 9.53 Å². The summed E-state index contributed by atoms with van der Waals surface area (Å²) in [6.07, 6.45) is 3.34. The third-order valence-electron chi connectivity index (χ3n) is 3.52. The molecule has 0 heterocycles. The SMILES string of the molecule is COc1ccc(CCC(=O)NC(C(N)=S)C2CC2)cc1. The minimum absolute atomic E-state index is 0.00511. The summed E-state index contributed by atoms with van der Waals surface area (Å²) in [7, 11) is 1.64. The maximum Gasteiger partial charge on any atom is 0.220 e. The Bertz CT molecular complexity index is 483. The summed E-state index contributed by atoms with van der Waals surface area (Å²) in [5.74, 6) is 1.27. The van der Waals surface area contributed by atoms with Gasteiger partial charge in [0.2, 0.25) is 5.91 Å². The van der Waals surface area contributed by atoms with Gasteiger partial charge in [0.05, 0.1) is 18.1 Å². The molecule has 108 valence electrons. The Morgan fingerprint density at radius 2 is 2.10 bits per heavy atom. The molecule has 1 aromatic carbocycles. The van der Waals surface area contributed by atoms with Crippen LogP contribution in [-0.4, -0.2) is 24.0 Å². The number of carbonyl (C=O) groups is 1. The third kappa shape index (κ3) is 4.20. The molecule has 1 amide bonds. The molecule has 0 saturated heterocycles. The van der Waals surface area contributed by atoms with Crippen molar-refractivity contribution in [2.75, 3.05) is 7.11 Å². The van der Waals surface area contributed by atoms with E-state index in [-0.39, 0.29) is 11.9 Å². The number of amides is 1. The summed E-state index contributed by atoms with van der Waals surface area (Å²) in [5, 5.41) is 2.94. The van der Waals surface area contributed by atoms with Crippen LogP contribution in [0.5, 0.6) is 5.75 Å². The first kappa shape index (κ1) is 14.8. The van der Waals surface area contributed by atoms with Crippen LogP contribution in [0.3, 0.4) is 0 Å². The molecule has 1 atom stereocenters. The Labute approximate surface area is 124 Å². The molecule has 4 nitrogen and oxygen atoms in total. The molecule has 1 aliphatic rings. The van der Waals surface area contributed by atoms with Gasteiger partial charge in [0.1, 0.15) is 5.75 Å². The van der Waals surface area contributed by atoms with Crippen LogP contribution in [0.25, 0.3) is 0 Å². The molecule has 5 heteroatoms. The molecule has 0 aromatic heterocycles. The Balaban J connectivity index is 1.80. The van der Waals surface area contributed by atoms with E-state index in [1.165, 1.54) is 0 Å². The van der Waals surface area contributed by atoms with Gasteiger partial charge in [-0.25, -0.2) is 0 Å². The average Bonchev–Trinajstić information content (AvgIpc) is 3.27. The number of hydrogen-bond acceptors (Lipinski definition) is 3. The summed E-state index contributed by atoms with van der Waals surface area (Å²) in [6, 6.07) is 7.61. The van der Waals surface area contributed by atoms with E-state index in [0.29, 0.717) is 23.7 Å². The fourth-order valence-corrected chi connectivity index (χ4v) is 2.40. The lowest BCUT2D eigenvalue weighted by molar-refractivity contribution is -0.121. The van der Waals surface area contributed by atoms with E-state index < -0.39 is 0 Å². The number of rotatable bonds is 7. The van der Waals surface area contributed by atoms with Crippen LogP contribution in [0.2, 0.25) is 0 Å². The molecule has 3 N–H and O–H groups in total. The molecule has 0 aliphatic heterocycles. The zero-order valence-electron chi connectivity index (χ0n) is 11.6. The highest BCUT2D eigenvalue weighted by molar-refractivity contribution is 7.80. The fraction of sp³-hybridized carbons (Fsp3) is 0.467. The van der Waals surface area contributed by atoms with E-state index >= 15 is 0 Å². The third-order valence-corrected chi connectivity index (χ3v) is 3.77. The van der Waals surface area contributed by atoms with Gasteiger partial charge in [0.25, 0.3) is 0 Å². The average molecular weight is 292 g/mol. The van der Waals surface area contributed by atoms with Crippen molar-refractivity contribution in [2.24, 2.45) is 11.7 Å². The van der Waals surface area contributed by atoms with E-state index in [2.05, 4.69) is 5.32 Å². The zero-order valence-corrected chi connectivity index (χ0v) is 12.4. The lowest BCUT2D eigenvalue weighted by Crippen LogP contribution is -2.45. The maximum absolute atomic E-state index is 11.9. The van der Waals surface area contributed by atoms with E-state index in [0.717, 1.165) is 24.2 Å². The van der Waals surface area contributed by atoms with Crippen molar-refractivity contribution in [1.82, 2.24) is 5.32 Å². The van der Waals surface area contributed by atoms with Crippen molar-refractivity contribution in [3.63, 3.8) is 0 Å². The van der Waals surface area contributed by atoms with Gasteiger partial charge >= 0.3 is 0 Å². The Kier molecular flexibility index (Phi) is 4.95. The van der Waals surface area contributed by atoms with Crippen LogP contribution in [0, 0.1) is 5.92 Å². The predicted octanol–water partition coefficient (Wildman–Crippen LogP) is 1.81. The molecular formula is C15H20N2O2S. The van der Waals surface area contributed by atoms with Gasteiger partial charge < -0.3 is 15.8 Å². The molecule has 1 fully saturated rings. The first-order valence-electron chi connectivity index (χ1n) is 6.81. The number of methoxy groups -OCH3 is 1. The smallest absolute Gasteiger partial charge is 0.220 e. The van der Waals surface area contributed by atoms with Crippen molar-refractivity contribution in [3.8, 4) is 5.75 Å². The molecule has 1 saturated carbocycles. The highest BCUT2D eigenvalue weighted by Gasteiger charge is 2.33. The number of carbonyl (C=O) groups excluding carboxylic acids is 1. The van der Waals surface area contributed by atoms with Crippen LogP contribution >= 0.6 is 12.2 Å². The summed E-state index contributed by atoms with van der Waals surface area (Å²) in [6.45, 7) is 0. The highest BCUT2D eigenvalue weighted by atomic mass is 32.1. The van der Waals surface area contributed by atoms with Crippen LogP contribution < -0.4 is 15.8 Å². The molecule has 1 aromatic rings. The summed E-state index contributed by atoms with van der Waals surface area (Å²) in [5.41, 5.74) is 6.78. The minimum atomic E-state index is -0.131. The zero-order chi connectivity index (χ0) is 14.5. The second-order valence-corrected chi connectivity index (χ2v) is 5.60. The first-order chi connectivity index (χ1) is 9.60. The Morgan fingerprint density at radius 3 is 2.60 bits per heavy atom. The standard InChI is InChI=1S/C15H20N2O2S/c1-19-12-7-2-10(3-8-12)4-9-13(18)17-14(15(16)20)11-5-6-11/h2-3,7-8,11,14H,4-6,9H2,1H3,(H2,16,20)(H,17,18). The lowest BCUT2D eigenvalue weighted by atomic mass is 10.1. The molecule has 1 aliphatic carbocycles. The predicted molar refractivity (Wildman–Crippen MR) is 82.8 cm³/mol. The van der Waals surface area contributed by atoms with Gasteiger partial charge in [-0.2, -0.15) is 0 Å². The monoisotopic (exact) mass is 292 g/mol. The number of benzene rings is 1. The second kappa shape index (κ2) is 6.70. The number of nitrogens with one attached hydrogen (secondary N) is 1. The van der Waals surface area contributed by atoms with Crippen LogP contribution in [0.15, 0.2) is 24.3 Å². The quantitative estimate of drug-likeness (QED) is 0.752. The number of thiocarbonyl (C=S) groups is 1. The topological polar surface area (TPSA) is 64.3 Å². The van der Waals surface area contributed by atoms with Gasteiger partial charge in [-0.3, -0.25) is 4.79 Å². The molecule has 20 heavy (non-hydrogen) atoms. The molecule has 0 bridgehead atoms. The van der Waals surface area contributed by atoms with Crippen LogP contribution in [0.4, 0.5) is 0 Å². The molecule has 1 unspecified atom stereocenters. The minimum Gasteiger partial charge on any atom is -0.497 e. The van der Waals surface area contributed by atoms with Crippen molar-refractivity contribution in [1.29, 1.82) is 0 Å². The fourth-order valence-electron chi connectivity index (χ4n) is 2.15. The number of nitrogens with two attached hydrogens (primary N) is 1. The van der Waals surface area contributed by atoms with Gasteiger partial charge in [0.15, 0.2) is 0 Å². The summed E-state index contributed by atoms with van der Waals surface area (Å²) >= 11 is 5.01. The molecule has 0 radical (unpaired) electrons. The van der Waals surface area contributed by atoms with E-state index in [1.54, 1.807) is 7.11 Å². The van der Waals surface area contributed by atoms with E-state index in [9.17, 15) is 4.79 Å². The number of ether oxygens (including phenoxy) is 1. The van der Waals surface area contributed by atoms with E-state index in [4.69, 9.17) is 22.7 Å². The number of hydrogen-bond donors (Lipinski definition) is 2. The van der Waals surface area contributed by atoms with Gasteiger partial charge in [-0.05, 0) is 42.9 Å². The largest absolute Gasteiger partial charge is 0.497 e. The van der Waals surface area contributed by atoms with E-state index in [1.807, 2.05) is 24.3 Å². The van der Waals surface area contributed by atoms with Gasteiger partial charge in [-0.1, -0.05) is 24.4 Å². The van der Waals surface area contributed by atoms with Crippen molar-refractivity contribution in [3.05, 3.63) is 29.8 Å². The maximum atomic E-state index is 11.9. The lowest BCUT2D eigenvalue weighted by Gasteiger charge is -2.16. The highest BCUT2D eigenvalue weighted by Crippen LogP contribution is 2.32. The van der Waals surface area contributed by atoms with Gasteiger partial charge in [0, 0.05) is 6.42 Å². The van der Waals surface area contributed by atoms with Crippen LogP contribution in [0.1, 0.15) is 24.8 Å². The molecule has 2 rings (SSSR count). The second-order valence-electron chi connectivity index (χ2n) is 5.13. The molecule has 0 spiro atoms.